The molecule has 0 aromatic heterocycles. The van der Waals surface area contributed by atoms with Gasteiger partial charge in [0.15, 0.2) is 0 Å². The van der Waals surface area contributed by atoms with Crippen LogP contribution in [0.2, 0.25) is 0 Å². The first-order valence-corrected chi connectivity index (χ1v) is 8.68. The second kappa shape index (κ2) is 8.33. The fourth-order valence-corrected chi connectivity index (χ4v) is 3.07. The molecule has 1 aliphatic carbocycles. The summed E-state index contributed by atoms with van der Waals surface area (Å²) in [4.78, 5) is 14.5. The summed E-state index contributed by atoms with van der Waals surface area (Å²) in [7, 11) is 2.03. The molecule has 1 unspecified atom stereocenters. The van der Waals surface area contributed by atoms with Crippen molar-refractivity contribution in [3.8, 4) is 0 Å². The summed E-state index contributed by atoms with van der Waals surface area (Å²) in [5.74, 6) is 0.166. The molecule has 122 valence electrons. The van der Waals surface area contributed by atoms with Gasteiger partial charge in [-0.05, 0) is 44.4 Å². The lowest BCUT2D eigenvalue weighted by atomic mass is 9.95. The van der Waals surface area contributed by atoms with Crippen molar-refractivity contribution in [1.29, 1.82) is 0 Å². The van der Waals surface area contributed by atoms with Gasteiger partial charge < -0.3 is 5.32 Å². The number of carbonyl (C=O) groups excluding carboxylic acids is 1. The third-order valence-electron chi connectivity index (χ3n) is 4.86. The Balaban J connectivity index is 1.84. The van der Waals surface area contributed by atoms with Gasteiger partial charge in [-0.2, -0.15) is 0 Å². The van der Waals surface area contributed by atoms with Crippen molar-refractivity contribution in [2.24, 2.45) is 0 Å². The minimum absolute atomic E-state index is 0.0900. The third kappa shape index (κ3) is 4.84. The number of nitrogens with one attached hydrogen (secondary N) is 1. The van der Waals surface area contributed by atoms with E-state index in [0.29, 0.717) is 6.04 Å². The summed E-state index contributed by atoms with van der Waals surface area (Å²) < 4.78 is 0. The Morgan fingerprint density at radius 1 is 1.18 bits per heavy atom. The van der Waals surface area contributed by atoms with Gasteiger partial charge in [0.2, 0.25) is 5.91 Å². The summed E-state index contributed by atoms with van der Waals surface area (Å²) in [6.45, 7) is 4.97. The first-order chi connectivity index (χ1) is 10.6. The van der Waals surface area contributed by atoms with E-state index in [2.05, 4.69) is 41.4 Å². The molecule has 0 spiro atoms. The van der Waals surface area contributed by atoms with E-state index < -0.39 is 0 Å². The Morgan fingerprint density at radius 2 is 1.77 bits per heavy atom. The average Bonchev–Trinajstić information content (AvgIpc) is 2.55. The van der Waals surface area contributed by atoms with Gasteiger partial charge in [-0.1, -0.05) is 50.5 Å². The second-order valence-electron chi connectivity index (χ2n) is 6.60. The van der Waals surface area contributed by atoms with Gasteiger partial charge in [-0.25, -0.2) is 0 Å². The van der Waals surface area contributed by atoms with Gasteiger partial charge in [0.1, 0.15) is 0 Å². The van der Waals surface area contributed by atoms with Crippen molar-refractivity contribution in [1.82, 2.24) is 10.2 Å². The highest BCUT2D eigenvalue weighted by Gasteiger charge is 2.22. The van der Waals surface area contributed by atoms with Crippen LogP contribution in [0.3, 0.4) is 0 Å². The number of likely N-dealkylation sites (N-methyl/N-ethyl adjacent to an activating group) is 1. The number of benzene rings is 1. The van der Waals surface area contributed by atoms with Crippen LogP contribution >= 0.6 is 0 Å². The quantitative estimate of drug-likeness (QED) is 0.872. The molecule has 0 aliphatic heterocycles. The zero-order valence-corrected chi connectivity index (χ0v) is 14.3. The molecule has 0 bridgehead atoms. The Bertz CT molecular complexity index is 463. The lowest BCUT2D eigenvalue weighted by molar-refractivity contribution is -0.126. The van der Waals surface area contributed by atoms with E-state index in [1.165, 1.54) is 30.4 Å². The Labute approximate surface area is 135 Å². The van der Waals surface area contributed by atoms with E-state index >= 15 is 0 Å². The van der Waals surface area contributed by atoms with Gasteiger partial charge >= 0.3 is 0 Å². The topological polar surface area (TPSA) is 32.3 Å². The SMILES string of the molecule is CCc1ccc(CN(C)C(C)C(=O)NC2CCCCC2)cc1. The third-order valence-corrected chi connectivity index (χ3v) is 4.86. The zero-order chi connectivity index (χ0) is 15.9. The van der Waals surface area contributed by atoms with E-state index in [-0.39, 0.29) is 11.9 Å². The lowest BCUT2D eigenvalue weighted by Gasteiger charge is -2.28. The first-order valence-electron chi connectivity index (χ1n) is 8.68. The molecule has 0 radical (unpaired) electrons. The van der Waals surface area contributed by atoms with E-state index in [0.717, 1.165) is 25.8 Å². The number of aryl methyl sites for hydroxylation is 1. The van der Waals surface area contributed by atoms with Crippen LogP contribution in [0.4, 0.5) is 0 Å². The van der Waals surface area contributed by atoms with Gasteiger partial charge in [-0.15, -0.1) is 0 Å². The molecule has 1 fully saturated rings. The fraction of sp³-hybridized carbons (Fsp3) is 0.632. The van der Waals surface area contributed by atoms with E-state index in [1.807, 2.05) is 14.0 Å². The predicted molar refractivity (Wildman–Crippen MR) is 91.8 cm³/mol. The molecule has 1 saturated carbocycles. The van der Waals surface area contributed by atoms with Crippen molar-refractivity contribution in [3.05, 3.63) is 35.4 Å². The summed E-state index contributed by atoms with van der Waals surface area (Å²) in [5, 5.41) is 3.22. The molecule has 1 aromatic carbocycles. The number of carbonyl (C=O) groups is 1. The minimum atomic E-state index is -0.0900. The maximum Gasteiger partial charge on any atom is 0.237 e. The summed E-state index contributed by atoms with van der Waals surface area (Å²) >= 11 is 0. The van der Waals surface area contributed by atoms with Crippen LogP contribution < -0.4 is 5.32 Å². The largest absolute Gasteiger partial charge is 0.352 e. The van der Waals surface area contributed by atoms with Crippen LogP contribution in [0.15, 0.2) is 24.3 Å². The fourth-order valence-electron chi connectivity index (χ4n) is 3.07. The molecule has 0 heterocycles. The normalized spacial score (nSPS) is 17.5. The molecule has 1 aliphatic rings. The van der Waals surface area contributed by atoms with Gasteiger partial charge in [-0.3, -0.25) is 9.69 Å². The molecular formula is C19H30N2O. The van der Waals surface area contributed by atoms with Crippen LogP contribution in [0.1, 0.15) is 57.1 Å². The molecule has 22 heavy (non-hydrogen) atoms. The highest BCUT2D eigenvalue weighted by atomic mass is 16.2. The predicted octanol–water partition coefficient (Wildman–Crippen LogP) is 3.52. The van der Waals surface area contributed by atoms with Crippen molar-refractivity contribution in [3.63, 3.8) is 0 Å². The van der Waals surface area contributed by atoms with Crippen molar-refractivity contribution >= 4 is 5.91 Å². The molecule has 1 aromatic rings. The van der Waals surface area contributed by atoms with Crippen molar-refractivity contribution < 1.29 is 4.79 Å². The van der Waals surface area contributed by atoms with E-state index in [9.17, 15) is 4.79 Å². The number of nitrogens with zero attached hydrogens (tertiary/aromatic N) is 1. The smallest absolute Gasteiger partial charge is 0.237 e. The monoisotopic (exact) mass is 302 g/mol. The standard InChI is InChI=1S/C19H30N2O/c1-4-16-10-12-17(13-11-16)14-21(3)15(2)19(22)20-18-8-6-5-7-9-18/h10-13,15,18H,4-9,14H2,1-3H3,(H,20,22). The van der Waals surface area contributed by atoms with E-state index in [4.69, 9.17) is 0 Å². The molecule has 1 atom stereocenters. The molecule has 1 N–H and O–H groups in total. The minimum Gasteiger partial charge on any atom is -0.352 e. The average molecular weight is 302 g/mol. The zero-order valence-electron chi connectivity index (χ0n) is 14.3. The van der Waals surface area contributed by atoms with Crippen LogP contribution in [0.5, 0.6) is 0 Å². The van der Waals surface area contributed by atoms with Crippen LogP contribution in [-0.4, -0.2) is 29.9 Å². The highest BCUT2D eigenvalue weighted by Crippen LogP contribution is 2.18. The van der Waals surface area contributed by atoms with Crippen LogP contribution in [0, 0.1) is 0 Å². The lowest BCUT2D eigenvalue weighted by Crippen LogP contribution is -2.47. The maximum atomic E-state index is 12.4. The Kier molecular flexibility index (Phi) is 6.44. The van der Waals surface area contributed by atoms with E-state index in [1.54, 1.807) is 0 Å². The molecule has 3 nitrogen and oxygen atoms in total. The van der Waals surface area contributed by atoms with Gasteiger partial charge in [0.25, 0.3) is 0 Å². The number of hydrogen-bond donors (Lipinski definition) is 1. The number of rotatable bonds is 6. The van der Waals surface area contributed by atoms with Crippen molar-refractivity contribution in [2.45, 2.75) is 71.0 Å². The van der Waals surface area contributed by atoms with Gasteiger partial charge in [0, 0.05) is 12.6 Å². The summed E-state index contributed by atoms with van der Waals surface area (Å²) in [5.41, 5.74) is 2.62. The van der Waals surface area contributed by atoms with Gasteiger partial charge in [0.05, 0.1) is 6.04 Å². The molecule has 2 rings (SSSR count). The Morgan fingerprint density at radius 3 is 2.36 bits per heavy atom. The second-order valence-corrected chi connectivity index (χ2v) is 6.60. The maximum absolute atomic E-state index is 12.4. The first kappa shape index (κ1) is 17.0. The summed E-state index contributed by atoms with van der Waals surface area (Å²) in [6, 6.07) is 8.99. The molecule has 3 heteroatoms. The van der Waals surface area contributed by atoms with Crippen molar-refractivity contribution in [2.75, 3.05) is 7.05 Å². The molecule has 0 saturated heterocycles. The summed E-state index contributed by atoms with van der Waals surface area (Å²) in [6.07, 6.45) is 7.16. The number of hydrogen-bond acceptors (Lipinski definition) is 2. The Hall–Kier alpha value is -1.35. The van der Waals surface area contributed by atoms with Crippen LogP contribution in [-0.2, 0) is 17.8 Å². The highest BCUT2D eigenvalue weighted by molar-refractivity contribution is 5.81. The molecule has 1 amide bonds. The van der Waals surface area contributed by atoms with Crippen LogP contribution in [0.25, 0.3) is 0 Å². The molecular weight excluding hydrogens is 272 g/mol. The number of amides is 1.